The second-order valence-corrected chi connectivity index (χ2v) is 6.84. The molecule has 142 valence electrons. The second kappa shape index (κ2) is 7.96. The van der Waals surface area contributed by atoms with Gasteiger partial charge in [-0.15, -0.1) is 0 Å². The molecule has 28 heavy (non-hydrogen) atoms. The molecule has 0 unspecified atom stereocenters. The normalized spacial score (nSPS) is 16.5. The molecule has 8 heteroatoms. The summed E-state index contributed by atoms with van der Waals surface area (Å²) in [5, 5.41) is 16.1. The van der Waals surface area contributed by atoms with Gasteiger partial charge in [-0.1, -0.05) is 6.07 Å². The lowest BCUT2D eigenvalue weighted by molar-refractivity contribution is -0.120. The fraction of sp³-hybridized carbons (Fsp3) is 0.300. The quantitative estimate of drug-likeness (QED) is 0.629. The monoisotopic (exact) mass is 375 g/mol. The van der Waals surface area contributed by atoms with Gasteiger partial charge in [-0.25, -0.2) is 9.97 Å². The minimum atomic E-state index is -0.0660. The van der Waals surface area contributed by atoms with E-state index in [9.17, 15) is 4.79 Å². The van der Waals surface area contributed by atoms with Gasteiger partial charge in [0.2, 0.25) is 5.91 Å². The molecule has 0 bridgehead atoms. The maximum Gasteiger partial charge on any atom is 0.239 e. The van der Waals surface area contributed by atoms with Crippen LogP contribution in [0.3, 0.4) is 0 Å². The number of carbonyl (C=O) groups is 1. The van der Waals surface area contributed by atoms with E-state index in [4.69, 9.17) is 5.26 Å². The number of aromatic amines is 1. The van der Waals surface area contributed by atoms with Crippen LogP contribution in [0.4, 0.5) is 11.5 Å². The Morgan fingerprint density at radius 1 is 1.36 bits per heavy atom. The fourth-order valence-corrected chi connectivity index (χ4v) is 3.56. The lowest BCUT2D eigenvalue weighted by atomic mass is 10.1. The van der Waals surface area contributed by atoms with Crippen molar-refractivity contribution in [3.63, 3.8) is 0 Å². The number of aromatic nitrogens is 3. The predicted molar refractivity (Wildman–Crippen MR) is 107 cm³/mol. The molecule has 3 N–H and O–H groups in total. The molecule has 0 spiro atoms. The summed E-state index contributed by atoms with van der Waals surface area (Å²) in [5.74, 6) is 0.834. The molecule has 1 fully saturated rings. The van der Waals surface area contributed by atoms with Gasteiger partial charge < -0.3 is 20.5 Å². The number of piperidine rings is 1. The van der Waals surface area contributed by atoms with Crippen molar-refractivity contribution in [2.75, 3.05) is 29.9 Å². The van der Waals surface area contributed by atoms with Crippen LogP contribution in [0.25, 0.3) is 11.0 Å². The molecular formula is C20H21N7O. The van der Waals surface area contributed by atoms with Gasteiger partial charge >= 0.3 is 0 Å². The van der Waals surface area contributed by atoms with Crippen molar-refractivity contribution in [3.05, 3.63) is 48.4 Å². The van der Waals surface area contributed by atoms with E-state index in [1.54, 1.807) is 24.5 Å². The maximum absolute atomic E-state index is 12.4. The number of fused-ring (bicyclic) bond motifs is 1. The predicted octanol–water partition coefficient (Wildman–Crippen LogP) is 2.03. The van der Waals surface area contributed by atoms with Crippen molar-refractivity contribution in [2.24, 2.45) is 0 Å². The second-order valence-electron chi connectivity index (χ2n) is 6.84. The number of nitrogens with zero attached hydrogens (tertiary/aromatic N) is 4. The fourth-order valence-electron chi connectivity index (χ4n) is 3.56. The van der Waals surface area contributed by atoms with Crippen LogP contribution in [0, 0.1) is 11.3 Å². The summed E-state index contributed by atoms with van der Waals surface area (Å²) >= 11 is 0. The van der Waals surface area contributed by atoms with Gasteiger partial charge in [0.1, 0.15) is 17.8 Å². The Bertz CT molecular complexity index is 1020. The molecule has 0 aliphatic carbocycles. The Morgan fingerprint density at radius 3 is 3.18 bits per heavy atom. The zero-order valence-corrected chi connectivity index (χ0v) is 15.4. The number of anilines is 2. The first-order chi connectivity index (χ1) is 13.7. The lowest BCUT2D eigenvalue weighted by Crippen LogP contribution is -2.49. The molecule has 3 aromatic rings. The molecule has 0 saturated carbocycles. The van der Waals surface area contributed by atoms with Crippen molar-refractivity contribution in [3.8, 4) is 6.07 Å². The molecule has 8 nitrogen and oxygen atoms in total. The number of rotatable bonds is 5. The van der Waals surface area contributed by atoms with Crippen LogP contribution in [0.1, 0.15) is 18.4 Å². The average Bonchev–Trinajstić information content (AvgIpc) is 3.21. The van der Waals surface area contributed by atoms with Crippen LogP contribution in [0.2, 0.25) is 0 Å². The minimum absolute atomic E-state index is 0.0660. The maximum atomic E-state index is 12.4. The Balaban J connectivity index is 1.35. The first-order valence-corrected chi connectivity index (χ1v) is 9.29. The van der Waals surface area contributed by atoms with E-state index in [1.807, 2.05) is 18.3 Å². The third kappa shape index (κ3) is 3.88. The third-order valence-electron chi connectivity index (χ3n) is 4.86. The number of amides is 1. The summed E-state index contributed by atoms with van der Waals surface area (Å²) in [4.78, 5) is 26.4. The summed E-state index contributed by atoms with van der Waals surface area (Å²) in [6.07, 6.45) is 5.35. The molecule has 1 aliphatic rings. The Hall–Kier alpha value is -3.60. The number of H-pyrrole nitrogens is 1. The van der Waals surface area contributed by atoms with Crippen LogP contribution in [-0.2, 0) is 4.79 Å². The molecular weight excluding hydrogens is 354 g/mol. The highest BCUT2D eigenvalue weighted by atomic mass is 16.2. The van der Waals surface area contributed by atoms with Gasteiger partial charge in [-0.2, -0.15) is 5.26 Å². The number of carbonyl (C=O) groups excluding carboxylic acids is 1. The van der Waals surface area contributed by atoms with E-state index >= 15 is 0 Å². The first kappa shape index (κ1) is 17.8. The largest absolute Gasteiger partial charge is 0.376 e. The standard InChI is InChI=1S/C20H21N7O/c21-10-14-3-1-4-15(9-14)23-11-18(28)26-16-5-2-8-27(12-16)20-17-6-7-22-19(17)24-13-25-20/h1,3-4,6-7,9,13,16,23H,2,5,8,11-12H2,(H,26,28)(H,22,24,25)/t16-/m0/s1. The van der Waals surface area contributed by atoms with Gasteiger partial charge in [0.25, 0.3) is 0 Å². The van der Waals surface area contributed by atoms with Gasteiger partial charge in [0.15, 0.2) is 0 Å². The Labute approximate surface area is 162 Å². The van der Waals surface area contributed by atoms with Crippen molar-refractivity contribution in [1.82, 2.24) is 20.3 Å². The highest BCUT2D eigenvalue weighted by Gasteiger charge is 2.23. The number of nitriles is 1. The van der Waals surface area contributed by atoms with Gasteiger partial charge in [-0.3, -0.25) is 4.79 Å². The lowest BCUT2D eigenvalue weighted by Gasteiger charge is -2.34. The van der Waals surface area contributed by atoms with Crippen LogP contribution >= 0.6 is 0 Å². The number of nitrogens with one attached hydrogen (secondary N) is 3. The SMILES string of the molecule is N#Cc1cccc(NCC(=O)N[C@H]2CCCN(c3ncnc4[nH]ccc34)C2)c1. The average molecular weight is 375 g/mol. The Kier molecular flexibility index (Phi) is 5.06. The summed E-state index contributed by atoms with van der Waals surface area (Å²) < 4.78 is 0. The van der Waals surface area contributed by atoms with E-state index in [1.165, 1.54) is 0 Å². The van der Waals surface area contributed by atoms with Gasteiger partial charge in [0.05, 0.1) is 23.6 Å². The number of hydrogen-bond acceptors (Lipinski definition) is 6. The van der Waals surface area contributed by atoms with E-state index in [-0.39, 0.29) is 18.5 Å². The van der Waals surface area contributed by atoms with E-state index in [2.05, 4.69) is 36.6 Å². The van der Waals surface area contributed by atoms with E-state index in [0.29, 0.717) is 12.1 Å². The molecule has 0 radical (unpaired) electrons. The smallest absolute Gasteiger partial charge is 0.239 e. The van der Waals surface area contributed by atoms with Crippen molar-refractivity contribution in [2.45, 2.75) is 18.9 Å². The Morgan fingerprint density at radius 2 is 2.29 bits per heavy atom. The number of benzene rings is 1. The van der Waals surface area contributed by atoms with Crippen LogP contribution in [0.5, 0.6) is 0 Å². The van der Waals surface area contributed by atoms with Crippen molar-refractivity contribution < 1.29 is 4.79 Å². The minimum Gasteiger partial charge on any atom is -0.376 e. The van der Waals surface area contributed by atoms with Gasteiger partial charge in [-0.05, 0) is 37.1 Å². The summed E-state index contributed by atoms with van der Waals surface area (Å²) in [5.41, 5.74) is 2.14. The number of hydrogen-bond donors (Lipinski definition) is 3. The summed E-state index contributed by atoms with van der Waals surface area (Å²) in [6.45, 7) is 1.79. The van der Waals surface area contributed by atoms with Crippen LogP contribution < -0.4 is 15.5 Å². The molecule has 1 amide bonds. The first-order valence-electron chi connectivity index (χ1n) is 9.29. The van der Waals surface area contributed by atoms with Crippen molar-refractivity contribution >= 4 is 28.4 Å². The summed E-state index contributed by atoms with van der Waals surface area (Å²) in [6, 6.07) is 11.2. The van der Waals surface area contributed by atoms with Crippen LogP contribution in [-0.4, -0.2) is 46.5 Å². The molecule has 1 saturated heterocycles. The highest BCUT2D eigenvalue weighted by molar-refractivity contribution is 5.87. The molecule has 1 aliphatic heterocycles. The van der Waals surface area contributed by atoms with Gasteiger partial charge in [0, 0.05) is 31.0 Å². The zero-order valence-electron chi connectivity index (χ0n) is 15.4. The third-order valence-corrected chi connectivity index (χ3v) is 4.86. The van der Waals surface area contributed by atoms with Crippen LogP contribution in [0.15, 0.2) is 42.9 Å². The van der Waals surface area contributed by atoms with Crippen molar-refractivity contribution in [1.29, 1.82) is 5.26 Å². The molecule has 1 atom stereocenters. The molecule has 3 heterocycles. The summed E-state index contributed by atoms with van der Waals surface area (Å²) in [7, 11) is 0. The molecule has 2 aromatic heterocycles. The zero-order chi connectivity index (χ0) is 19.3. The highest BCUT2D eigenvalue weighted by Crippen LogP contribution is 2.25. The molecule has 1 aromatic carbocycles. The topological polar surface area (TPSA) is 110 Å². The van der Waals surface area contributed by atoms with E-state index < -0.39 is 0 Å². The molecule has 4 rings (SSSR count). The van der Waals surface area contributed by atoms with E-state index in [0.717, 1.165) is 41.9 Å².